The van der Waals surface area contributed by atoms with Crippen LogP contribution < -0.4 is 0 Å². The predicted octanol–water partition coefficient (Wildman–Crippen LogP) is 3.72. The zero-order valence-corrected chi connectivity index (χ0v) is 9.15. The summed E-state index contributed by atoms with van der Waals surface area (Å²) in [5, 5.41) is 0.388. The zero-order valence-electron chi connectivity index (χ0n) is 8.00. The summed E-state index contributed by atoms with van der Waals surface area (Å²) < 4.78 is 0. The van der Waals surface area contributed by atoms with E-state index < -0.39 is 0 Å². The van der Waals surface area contributed by atoms with Gasteiger partial charge in [0.05, 0.1) is 0 Å². The Kier molecular flexibility index (Phi) is 2.69. The number of hydrogen-bond acceptors (Lipinski definition) is 0. The first-order valence-corrected chi connectivity index (χ1v) is 5.73. The lowest BCUT2D eigenvalue weighted by Gasteiger charge is -2.33. The van der Waals surface area contributed by atoms with Crippen molar-refractivity contribution in [3.8, 4) is 0 Å². The van der Waals surface area contributed by atoms with Crippen LogP contribution in [0.3, 0.4) is 0 Å². The van der Waals surface area contributed by atoms with Crippen molar-refractivity contribution in [2.45, 2.75) is 37.3 Å². The van der Waals surface area contributed by atoms with Gasteiger partial charge >= 0.3 is 0 Å². The van der Waals surface area contributed by atoms with Crippen molar-refractivity contribution in [3.05, 3.63) is 35.9 Å². The van der Waals surface area contributed by atoms with E-state index >= 15 is 0 Å². The minimum Gasteiger partial charge on any atom is -0.126 e. The number of hydrogen-bond donors (Lipinski definition) is 0. The van der Waals surface area contributed by atoms with Crippen LogP contribution in [0.15, 0.2) is 30.3 Å². The molecular weight excluding hydrogens is 175 g/mol. The SMILES string of the molecule is PC1(c2ccccc2)CCCCC1. The Morgan fingerprint density at radius 2 is 1.54 bits per heavy atom. The fourth-order valence-corrected chi connectivity index (χ4v) is 2.84. The van der Waals surface area contributed by atoms with Crippen molar-refractivity contribution >= 4 is 9.24 Å². The summed E-state index contributed by atoms with van der Waals surface area (Å²) in [5.41, 5.74) is 1.50. The van der Waals surface area contributed by atoms with Gasteiger partial charge < -0.3 is 0 Å². The van der Waals surface area contributed by atoms with Gasteiger partial charge in [0, 0.05) is 5.16 Å². The Labute approximate surface area is 82.9 Å². The smallest absolute Gasteiger partial charge is 0.00975 e. The number of rotatable bonds is 1. The molecule has 0 amide bonds. The fraction of sp³-hybridized carbons (Fsp3) is 0.500. The van der Waals surface area contributed by atoms with E-state index in [1.807, 2.05) is 0 Å². The van der Waals surface area contributed by atoms with Crippen molar-refractivity contribution in [1.29, 1.82) is 0 Å². The van der Waals surface area contributed by atoms with Gasteiger partial charge in [-0.05, 0) is 18.4 Å². The summed E-state index contributed by atoms with van der Waals surface area (Å²) in [6, 6.07) is 10.9. The summed E-state index contributed by atoms with van der Waals surface area (Å²) in [6.07, 6.45) is 6.86. The van der Waals surface area contributed by atoms with Gasteiger partial charge in [-0.15, -0.1) is 9.24 Å². The first-order valence-electron chi connectivity index (χ1n) is 5.16. The van der Waals surface area contributed by atoms with E-state index in [1.165, 1.54) is 37.7 Å². The summed E-state index contributed by atoms with van der Waals surface area (Å²) in [6.45, 7) is 0. The Morgan fingerprint density at radius 3 is 2.15 bits per heavy atom. The molecule has 0 spiro atoms. The van der Waals surface area contributed by atoms with Crippen molar-refractivity contribution in [2.24, 2.45) is 0 Å². The third kappa shape index (κ3) is 1.94. The van der Waals surface area contributed by atoms with Crippen LogP contribution in [0.1, 0.15) is 37.7 Å². The van der Waals surface area contributed by atoms with Crippen LogP contribution in [0.4, 0.5) is 0 Å². The maximum Gasteiger partial charge on any atom is 0.00975 e. The van der Waals surface area contributed by atoms with Crippen molar-refractivity contribution in [1.82, 2.24) is 0 Å². The molecule has 1 aromatic rings. The molecule has 0 nitrogen and oxygen atoms in total. The Bertz CT molecular complexity index is 260. The Balaban J connectivity index is 2.23. The van der Waals surface area contributed by atoms with Crippen LogP contribution in [0.2, 0.25) is 0 Å². The molecule has 2 rings (SSSR count). The Hall–Kier alpha value is -0.350. The van der Waals surface area contributed by atoms with E-state index in [1.54, 1.807) is 0 Å². The topological polar surface area (TPSA) is 0 Å². The normalized spacial score (nSPS) is 21.3. The third-order valence-corrected chi connectivity index (χ3v) is 4.01. The van der Waals surface area contributed by atoms with E-state index in [0.29, 0.717) is 5.16 Å². The lowest BCUT2D eigenvalue weighted by Crippen LogP contribution is -2.21. The molecule has 0 bridgehead atoms. The molecule has 1 heteroatoms. The van der Waals surface area contributed by atoms with Gasteiger partial charge in [0.1, 0.15) is 0 Å². The molecule has 1 atom stereocenters. The second kappa shape index (κ2) is 3.80. The van der Waals surface area contributed by atoms with Gasteiger partial charge in [-0.3, -0.25) is 0 Å². The monoisotopic (exact) mass is 192 g/mol. The molecule has 1 aliphatic rings. The molecule has 0 aromatic heterocycles. The van der Waals surface area contributed by atoms with Gasteiger partial charge in [-0.2, -0.15) is 0 Å². The minimum absolute atomic E-state index is 0.388. The average molecular weight is 192 g/mol. The lowest BCUT2D eigenvalue weighted by molar-refractivity contribution is 0.406. The molecule has 0 saturated heterocycles. The standard InChI is InChI=1S/C12H17P/c13-12(9-5-2-6-10-12)11-7-3-1-4-8-11/h1,3-4,7-8H,2,5-6,9-10,13H2. The van der Waals surface area contributed by atoms with E-state index in [0.717, 1.165) is 0 Å². The summed E-state index contributed by atoms with van der Waals surface area (Å²) in [7, 11) is 3.08. The quantitative estimate of drug-likeness (QED) is 0.595. The highest BCUT2D eigenvalue weighted by molar-refractivity contribution is 7.18. The van der Waals surface area contributed by atoms with Crippen LogP contribution >= 0.6 is 9.24 Å². The molecule has 1 fully saturated rings. The molecule has 70 valence electrons. The molecule has 1 unspecified atom stereocenters. The summed E-state index contributed by atoms with van der Waals surface area (Å²) in [5.74, 6) is 0. The lowest BCUT2D eigenvalue weighted by atomic mass is 9.83. The van der Waals surface area contributed by atoms with E-state index in [9.17, 15) is 0 Å². The van der Waals surface area contributed by atoms with Gasteiger partial charge in [-0.1, -0.05) is 49.6 Å². The molecule has 1 aromatic carbocycles. The van der Waals surface area contributed by atoms with Gasteiger partial charge in [0.2, 0.25) is 0 Å². The van der Waals surface area contributed by atoms with E-state index in [4.69, 9.17) is 0 Å². The highest BCUT2D eigenvalue weighted by Crippen LogP contribution is 2.44. The Morgan fingerprint density at radius 1 is 0.923 bits per heavy atom. The van der Waals surface area contributed by atoms with Gasteiger partial charge in [-0.25, -0.2) is 0 Å². The zero-order chi connectivity index (χ0) is 9.15. The molecule has 0 aliphatic heterocycles. The molecule has 0 radical (unpaired) electrons. The van der Waals surface area contributed by atoms with Crippen molar-refractivity contribution in [3.63, 3.8) is 0 Å². The molecule has 13 heavy (non-hydrogen) atoms. The molecular formula is C12H17P. The predicted molar refractivity (Wildman–Crippen MR) is 60.9 cm³/mol. The average Bonchev–Trinajstić information content (AvgIpc) is 2.20. The second-order valence-corrected chi connectivity index (χ2v) is 5.19. The highest BCUT2D eigenvalue weighted by Gasteiger charge is 2.28. The molecule has 1 saturated carbocycles. The minimum atomic E-state index is 0.388. The van der Waals surface area contributed by atoms with Crippen LogP contribution in [0.25, 0.3) is 0 Å². The van der Waals surface area contributed by atoms with Crippen LogP contribution in [0, 0.1) is 0 Å². The first kappa shape index (κ1) is 9.21. The second-order valence-electron chi connectivity index (χ2n) is 4.08. The summed E-state index contributed by atoms with van der Waals surface area (Å²) >= 11 is 0. The van der Waals surface area contributed by atoms with Crippen LogP contribution in [0.5, 0.6) is 0 Å². The maximum absolute atomic E-state index is 3.08. The summed E-state index contributed by atoms with van der Waals surface area (Å²) in [4.78, 5) is 0. The molecule has 1 aliphatic carbocycles. The maximum atomic E-state index is 3.08. The molecule has 0 N–H and O–H groups in total. The fourth-order valence-electron chi connectivity index (χ4n) is 2.24. The van der Waals surface area contributed by atoms with Crippen LogP contribution in [-0.4, -0.2) is 0 Å². The van der Waals surface area contributed by atoms with E-state index in [2.05, 4.69) is 39.6 Å². The molecule has 0 heterocycles. The highest BCUT2D eigenvalue weighted by atomic mass is 31.0. The largest absolute Gasteiger partial charge is 0.126 e. The number of benzene rings is 1. The first-order chi connectivity index (χ1) is 6.31. The van der Waals surface area contributed by atoms with Crippen molar-refractivity contribution < 1.29 is 0 Å². The van der Waals surface area contributed by atoms with E-state index in [-0.39, 0.29) is 0 Å². The van der Waals surface area contributed by atoms with Crippen molar-refractivity contribution in [2.75, 3.05) is 0 Å². The van der Waals surface area contributed by atoms with Gasteiger partial charge in [0.25, 0.3) is 0 Å². The van der Waals surface area contributed by atoms with Gasteiger partial charge in [0.15, 0.2) is 0 Å². The third-order valence-electron chi connectivity index (χ3n) is 3.09. The van der Waals surface area contributed by atoms with Crippen LogP contribution in [-0.2, 0) is 5.16 Å².